The minimum atomic E-state index is 0.110. The summed E-state index contributed by atoms with van der Waals surface area (Å²) in [7, 11) is 0. The topological polar surface area (TPSA) is 72.1 Å². The highest BCUT2D eigenvalue weighted by molar-refractivity contribution is 5.94. The number of nitrogens with zero attached hydrogens (tertiary/aromatic N) is 3. The van der Waals surface area contributed by atoms with E-state index in [0.717, 1.165) is 13.0 Å². The van der Waals surface area contributed by atoms with Gasteiger partial charge in [-0.2, -0.15) is 0 Å². The van der Waals surface area contributed by atoms with E-state index in [-0.39, 0.29) is 5.91 Å². The van der Waals surface area contributed by atoms with Crippen molar-refractivity contribution in [1.29, 1.82) is 0 Å². The molecule has 1 amide bonds. The maximum atomic E-state index is 11.3. The molecule has 0 atom stereocenters. The first-order valence-electron chi connectivity index (χ1n) is 4.15. The molecule has 0 unspecified atom stereocenters. The van der Waals surface area contributed by atoms with Gasteiger partial charge in [-0.3, -0.25) is 9.69 Å². The third-order valence-electron chi connectivity index (χ3n) is 2.01. The van der Waals surface area contributed by atoms with Crippen LogP contribution in [0.3, 0.4) is 0 Å². The number of hydrogen-bond acceptors (Lipinski definition) is 4. The maximum Gasteiger partial charge on any atom is 0.228 e. The molecule has 1 saturated heterocycles. The average Bonchev–Trinajstić information content (AvgIpc) is 2.53. The van der Waals surface area contributed by atoms with E-state index in [9.17, 15) is 4.79 Å². The van der Waals surface area contributed by atoms with Crippen LogP contribution in [0.5, 0.6) is 0 Å². The molecule has 0 saturated carbocycles. The van der Waals surface area contributed by atoms with E-state index >= 15 is 0 Å². The molecule has 0 bridgehead atoms. The van der Waals surface area contributed by atoms with Crippen LogP contribution in [0.25, 0.3) is 0 Å². The van der Waals surface area contributed by atoms with Crippen molar-refractivity contribution in [2.45, 2.75) is 12.8 Å². The molecule has 1 aromatic rings. The second kappa shape index (κ2) is 3.01. The van der Waals surface area contributed by atoms with E-state index in [4.69, 9.17) is 5.73 Å². The molecule has 2 rings (SSSR count). The van der Waals surface area contributed by atoms with Crippen molar-refractivity contribution in [3.05, 3.63) is 12.4 Å². The van der Waals surface area contributed by atoms with Crippen molar-refractivity contribution < 1.29 is 4.79 Å². The zero-order valence-corrected chi connectivity index (χ0v) is 7.10. The summed E-state index contributed by atoms with van der Waals surface area (Å²) in [5.74, 6) is 1.08. The Morgan fingerprint density at radius 2 is 2.23 bits per heavy atom. The van der Waals surface area contributed by atoms with E-state index in [1.807, 2.05) is 0 Å². The smallest absolute Gasteiger partial charge is 0.228 e. The molecular weight excluding hydrogens is 168 g/mol. The van der Waals surface area contributed by atoms with Crippen molar-refractivity contribution >= 4 is 17.5 Å². The van der Waals surface area contributed by atoms with E-state index in [0.29, 0.717) is 18.1 Å². The Morgan fingerprint density at radius 3 is 2.77 bits per heavy atom. The lowest BCUT2D eigenvalue weighted by Gasteiger charge is -2.12. The SMILES string of the molecule is Nc1cnc(N2CCCC2=O)cn1. The Labute approximate surface area is 75.6 Å². The number of nitrogen functional groups attached to an aromatic ring is 1. The van der Waals surface area contributed by atoms with Gasteiger partial charge in [0, 0.05) is 13.0 Å². The molecule has 5 nitrogen and oxygen atoms in total. The second-order valence-corrected chi connectivity index (χ2v) is 2.95. The fourth-order valence-electron chi connectivity index (χ4n) is 1.36. The Balaban J connectivity index is 2.25. The van der Waals surface area contributed by atoms with Crippen molar-refractivity contribution in [2.24, 2.45) is 0 Å². The van der Waals surface area contributed by atoms with Gasteiger partial charge < -0.3 is 5.73 Å². The van der Waals surface area contributed by atoms with Gasteiger partial charge in [0.2, 0.25) is 5.91 Å². The van der Waals surface area contributed by atoms with Gasteiger partial charge >= 0.3 is 0 Å². The normalized spacial score (nSPS) is 16.6. The Kier molecular flexibility index (Phi) is 1.84. The van der Waals surface area contributed by atoms with Crippen molar-refractivity contribution in [1.82, 2.24) is 9.97 Å². The third kappa shape index (κ3) is 1.44. The molecule has 1 aliphatic rings. The molecule has 5 heteroatoms. The molecule has 1 fully saturated rings. The summed E-state index contributed by atoms with van der Waals surface area (Å²) in [4.78, 5) is 20.8. The van der Waals surface area contributed by atoms with Gasteiger partial charge in [0.05, 0.1) is 12.4 Å². The van der Waals surface area contributed by atoms with Crippen LogP contribution in [0.2, 0.25) is 0 Å². The highest BCUT2D eigenvalue weighted by Gasteiger charge is 2.22. The molecule has 2 heterocycles. The lowest BCUT2D eigenvalue weighted by molar-refractivity contribution is -0.117. The minimum Gasteiger partial charge on any atom is -0.382 e. The first-order chi connectivity index (χ1) is 6.27. The number of aromatic nitrogens is 2. The van der Waals surface area contributed by atoms with Crippen molar-refractivity contribution in [2.75, 3.05) is 17.2 Å². The Bertz CT molecular complexity index is 321. The van der Waals surface area contributed by atoms with Gasteiger partial charge in [-0.05, 0) is 6.42 Å². The number of carbonyl (C=O) groups is 1. The van der Waals surface area contributed by atoms with Crippen molar-refractivity contribution in [3.63, 3.8) is 0 Å². The second-order valence-electron chi connectivity index (χ2n) is 2.95. The molecule has 68 valence electrons. The summed E-state index contributed by atoms with van der Waals surface area (Å²) >= 11 is 0. The number of nitrogens with two attached hydrogens (primary N) is 1. The van der Waals surface area contributed by atoms with E-state index in [1.54, 1.807) is 4.90 Å². The molecule has 2 N–H and O–H groups in total. The predicted octanol–water partition coefficient (Wildman–Crippen LogP) is 0.186. The van der Waals surface area contributed by atoms with Crippen LogP contribution in [-0.2, 0) is 4.79 Å². The van der Waals surface area contributed by atoms with Gasteiger partial charge in [-0.15, -0.1) is 0 Å². The third-order valence-corrected chi connectivity index (χ3v) is 2.01. The summed E-state index contributed by atoms with van der Waals surface area (Å²) in [5, 5.41) is 0. The standard InChI is InChI=1S/C8H10N4O/c9-6-4-11-7(5-10-6)12-3-1-2-8(12)13/h4-5H,1-3H2,(H2,9,10). The molecule has 0 radical (unpaired) electrons. The summed E-state index contributed by atoms with van der Waals surface area (Å²) < 4.78 is 0. The molecular formula is C8H10N4O. The Morgan fingerprint density at radius 1 is 1.38 bits per heavy atom. The summed E-state index contributed by atoms with van der Waals surface area (Å²) in [6.45, 7) is 0.734. The van der Waals surface area contributed by atoms with E-state index in [1.165, 1.54) is 12.4 Å². The van der Waals surface area contributed by atoms with Crippen LogP contribution in [0, 0.1) is 0 Å². The Hall–Kier alpha value is -1.65. The number of carbonyl (C=O) groups excluding carboxylic acids is 1. The van der Waals surface area contributed by atoms with Gasteiger partial charge in [-0.1, -0.05) is 0 Å². The molecule has 0 aliphatic carbocycles. The first kappa shape index (κ1) is 7.97. The van der Waals surface area contributed by atoms with Crippen LogP contribution in [0.15, 0.2) is 12.4 Å². The van der Waals surface area contributed by atoms with Gasteiger partial charge in [-0.25, -0.2) is 9.97 Å². The van der Waals surface area contributed by atoms with E-state index in [2.05, 4.69) is 9.97 Å². The van der Waals surface area contributed by atoms with Crippen molar-refractivity contribution in [3.8, 4) is 0 Å². The molecule has 0 spiro atoms. The number of amides is 1. The molecule has 0 aromatic carbocycles. The van der Waals surface area contributed by atoms with Crippen LogP contribution >= 0.6 is 0 Å². The highest BCUT2D eigenvalue weighted by atomic mass is 16.2. The maximum absolute atomic E-state index is 11.3. The zero-order valence-electron chi connectivity index (χ0n) is 7.10. The average molecular weight is 178 g/mol. The molecule has 13 heavy (non-hydrogen) atoms. The number of anilines is 2. The van der Waals surface area contributed by atoms with E-state index < -0.39 is 0 Å². The minimum absolute atomic E-state index is 0.110. The fraction of sp³-hybridized carbons (Fsp3) is 0.375. The van der Waals surface area contributed by atoms with Crippen LogP contribution in [-0.4, -0.2) is 22.4 Å². The zero-order chi connectivity index (χ0) is 9.26. The highest BCUT2D eigenvalue weighted by Crippen LogP contribution is 2.17. The fourth-order valence-corrected chi connectivity index (χ4v) is 1.36. The monoisotopic (exact) mass is 178 g/mol. The lowest BCUT2D eigenvalue weighted by atomic mass is 10.4. The summed E-state index contributed by atoms with van der Waals surface area (Å²) in [6.07, 6.45) is 4.48. The van der Waals surface area contributed by atoms with Crippen LogP contribution in [0.1, 0.15) is 12.8 Å². The van der Waals surface area contributed by atoms with Crippen LogP contribution < -0.4 is 10.6 Å². The molecule has 1 aliphatic heterocycles. The molecule has 1 aromatic heterocycles. The first-order valence-corrected chi connectivity index (χ1v) is 4.15. The number of rotatable bonds is 1. The van der Waals surface area contributed by atoms with Gasteiger partial charge in [0.15, 0.2) is 5.82 Å². The van der Waals surface area contributed by atoms with Gasteiger partial charge in [0.1, 0.15) is 5.82 Å². The predicted molar refractivity (Wildman–Crippen MR) is 48.0 cm³/mol. The summed E-state index contributed by atoms with van der Waals surface area (Å²) in [6, 6.07) is 0. The summed E-state index contributed by atoms with van der Waals surface area (Å²) in [5.41, 5.74) is 5.38. The quantitative estimate of drug-likeness (QED) is 0.666. The lowest BCUT2D eigenvalue weighted by Crippen LogP contribution is -2.24. The largest absolute Gasteiger partial charge is 0.382 e. The van der Waals surface area contributed by atoms with Crippen LogP contribution in [0.4, 0.5) is 11.6 Å². The van der Waals surface area contributed by atoms with Gasteiger partial charge in [0.25, 0.3) is 0 Å². The number of hydrogen-bond donors (Lipinski definition) is 1.